The van der Waals surface area contributed by atoms with Crippen LogP contribution in [0.5, 0.6) is 11.5 Å². The van der Waals surface area contributed by atoms with Crippen molar-refractivity contribution in [3.05, 3.63) is 22.2 Å². The topological polar surface area (TPSA) is 128 Å². The van der Waals surface area contributed by atoms with Crippen LogP contribution in [0.1, 0.15) is 5.56 Å². The summed E-state index contributed by atoms with van der Waals surface area (Å²) in [6.45, 7) is 5.27. The predicted octanol–water partition coefficient (Wildman–Crippen LogP) is 1.16. The van der Waals surface area contributed by atoms with Crippen LogP contribution in [0.15, 0.2) is 21.7 Å². The number of nitrogens with one attached hydrogen (secondary N) is 1. The molecule has 1 aromatic heterocycles. The number of benzene rings is 1. The molecule has 0 unspecified atom stereocenters. The number of ether oxygens (including phenoxy) is 2. The highest BCUT2D eigenvalue weighted by Crippen LogP contribution is 2.31. The number of hydrazone groups is 1. The summed E-state index contributed by atoms with van der Waals surface area (Å²) in [6, 6.07) is 2.71. The summed E-state index contributed by atoms with van der Waals surface area (Å²) in [5, 5.41) is 23.6. The molecule has 1 aromatic carbocycles. The highest BCUT2D eigenvalue weighted by atomic mass is 79.9. The second kappa shape index (κ2) is 9.41. The van der Waals surface area contributed by atoms with E-state index >= 15 is 0 Å². The molecule has 2 fully saturated rings. The van der Waals surface area contributed by atoms with Crippen molar-refractivity contribution in [3.63, 3.8) is 0 Å². The van der Waals surface area contributed by atoms with Gasteiger partial charge < -0.3 is 29.5 Å². The standard InChI is InChI=1S/C18H22BrN7O4/c19-15-12(9-13(27)10-14(15)28)11-20-24-16-21-17(25-1-5-29-6-2-25)23-18(22-16)26-3-7-30-8-4-26/h9-11,27-28H,1-8H2,(H,21,22,23,24)/b20-11+. The van der Waals surface area contributed by atoms with Crippen LogP contribution >= 0.6 is 15.9 Å². The van der Waals surface area contributed by atoms with Crippen molar-refractivity contribution in [1.82, 2.24) is 15.0 Å². The van der Waals surface area contributed by atoms with Gasteiger partial charge >= 0.3 is 0 Å². The Hall–Kier alpha value is -2.70. The fourth-order valence-corrected chi connectivity index (χ4v) is 3.41. The van der Waals surface area contributed by atoms with Gasteiger partial charge in [0.15, 0.2) is 0 Å². The summed E-state index contributed by atoms with van der Waals surface area (Å²) in [7, 11) is 0. The van der Waals surface area contributed by atoms with Gasteiger partial charge in [0.05, 0.1) is 37.1 Å². The van der Waals surface area contributed by atoms with E-state index in [1.165, 1.54) is 18.3 Å². The Balaban J connectivity index is 1.58. The summed E-state index contributed by atoms with van der Waals surface area (Å²) in [5.41, 5.74) is 3.32. The lowest BCUT2D eigenvalue weighted by Crippen LogP contribution is -2.40. The van der Waals surface area contributed by atoms with Crippen molar-refractivity contribution in [1.29, 1.82) is 0 Å². The van der Waals surface area contributed by atoms with Gasteiger partial charge in [0.2, 0.25) is 17.8 Å². The fourth-order valence-electron chi connectivity index (χ4n) is 3.08. The molecule has 0 bridgehead atoms. The van der Waals surface area contributed by atoms with E-state index in [0.29, 0.717) is 80.5 Å². The van der Waals surface area contributed by atoms with E-state index in [0.717, 1.165) is 0 Å². The number of rotatable bonds is 5. The molecule has 0 radical (unpaired) electrons. The van der Waals surface area contributed by atoms with E-state index in [2.05, 4.69) is 41.4 Å². The monoisotopic (exact) mass is 479 g/mol. The lowest BCUT2D eigenvalue weighted by molar-refractivity contribution is 0.121. The molecule has 3 heterocycles. The average molecular weight is 480 g/mol. The lowest BCUT2D eigenvalue weighted by atomic mass is 10.2. The van der Waals surface area contributed by atoms with Crippen LogP contribution in [0, 0.1) is 0 Å². The van der Waals surface area contributed by atoms with Crippen LogP contribution < -0.4 is 15.2 Å². The zero-order valence-corrected chi connectivity index (χ0v) is 17.7. The molecule has 0 aliphatic carbocycles. The smallest absolute Gasteiger partial charge is 0.250 e. The summed E-state index contributed by atoms with van der Waals surface area (Å²) in [6.07, 6.45) is 1.45. The summed E-state index contributed by atoms with van der Waals surface area (Å²) in [4.78, 5) is 17.7. The molecule has 4 rings (SSSR count). The summed E-state index contributed by atoms with van der Waals surface area (Å²) >= 11 is 3.27. The van der Waals surface area contributed by atoms with Crippen molar-refractivity contribution in [2.45, 2.75) is 0 Å². The number of hydrogen-bond donors (Lipinski definition) is 3. The van der Waals surface area contributed by atoms with Gasteiger partial charge in [0.25, 0.3) is 0 Å². The number of halogens is 1. The molecule has 2 aromatic rings. The number of phenolic OH excluding ortho intramolecular Hbond substituents is 2. The molecule has 11 nitrogen and oxygen atoms in total. The van der Waals surface area contributed by atoms with Gasteiger partial charge in [-0.2, -0.15) is 20.1 Å². The number of anilines is 3. The van der Waals surface area contributed by atoms with Crippen molar-refractivity contribution < 1.29 is 19.7 Å². The predicted molar refractivity (Wildman–Crippen MR) is 115 cm³/mol. The molecule has 3 N–H and O–H groups in total. The SMILES string of the molecule is Oc1cc(O)c(Br)c(/C=N/Nc2nc(N3CCOCC3)nc(N3CCOCC3)n2)c1. The highest BCUT2D eigenvalue weighted by Gasteiger charge is 2.20. The Labute approximate surface area is 181 Å². The third kappa shape index (κ3) is 4.89. The zero-order chi connectivity index (χ0) is 20.9. The Morgan fingerprint density at radius 1 is 0.933 bits per heavy atom. The second-order valence-corrected chi connectivity index (χ2v) is 7.49. The number of nitrogens with zero attached hydrogens (tertiary/aromatic N) is 6. The van der Waals surface area contributed by atoms with Gasteiger partial charge in [-0.05, 0) is 22.0 Å². The number of aromatic hydroxyl groups is 2. The molecular weight excluding hydrogens is 458 g/mol. The van der Waals surface area contributed by atoms with Crippen LogP contribution in [-0.2, 0) is 9.47 Å². The van der Waals surface area contributed by atoms with Crippen molar-refractivity contribution in [3.8, 4) is 11.5 Å². The average Bonchev–Trinajstić information content (AvgIpc) is 2.78. The molecule has 30 heavy (non-hydrogen) atoms. The Bertz CT molecular complexity index is 881. The maximum Gasteiger partial charge on any atom is 0.250 e. The molecule has 2 aliphatic rings. The quantitative estimate of drug-likeness (QED) is 0.424. The molecule has 0 spiro atoms. The van der Waals surface area contributed by atoms with Crippen molar-refractivity contribution in [2.24, 2.45) is 5.10 Å². The highest BCUT2D eigenvalue weighted by molar-refractivity contribution is 9.10. The minimum atomic E-state index is -0.0826. The van der Waals surface area contributed by atoms with Gasteiger partial charge in [0, 0.05) is 37.8 Å². The fraction of sp³-hybridized carbons (Fsp3) is 0.444. The zero-order valence-electron chi connectivity index (χ0n) is 16.2. The van der Waals surface area contributed by atoms with Crippen LogP contribution in [0.2, 0.25) is 0 Å². The number of aromatic nitrogens is 3. The lowest BCUT2D eigenvalue weighted by Gasteiger charge is -2.30. The maximum atomic E-state index is 9.81. The van der Waals surface area contributed by atoms with Crippen molar-refractivity contribution >= 4 is 40.0 Å². The van der Waals surface area contributed by atoms with E-state index in [4.69, 9.17) is 9.47 Å². The van der Waals surface area contributed by atoms with E-state index in [1.807, 2.05) is 9.80 Å². The number of morpholine rings is 2. The van der Waals surface area contributed by atoms with Crippen LogP contribution in [-0.4, -0.2) is 84.0 Å². The molecule has 2 saturated heterocycles. The largest absolute Gasteiger partial charge is 0.508 e. The van der Waals surface area contributed by atoms with Crippen LogP contribution in [0.3, 0.4) is 0 Å². The minimum absolute atomic E-state index is 0.0680. The van der Waals surface area contributed by atoms with Gasteiger partial charge in [-0.3, -0.25) is 0 Å². The van der Waals surface area contributed by atoms with Gasteiger partial charge in [-0.15, -0.1) is 0 Å². The number of phenols is 2. The first-order chi connectivity index (χ1) is 14.6. The molecule has 12 heteroatoms. The minimum Gasteiger partial charge on any atom is -0.508 e. The Morgan fingerprint density at radius 2 is 1.50 bits per heavy atom. The van der Waals surface area contributed by atoms with E-state index in [1.54, 1.807) is 0 Å². The maximum absolute atomic E-state index is 9.81. The molecular formula is C18H22BrN7O4. The van der Waals surface area contributed by atoms with Crippen LogP contribution in [0.4, 0.5) is 17.8 Å². The first kappa shape index (κ1) is 20.6. The van der Waals surface area contributed by atoms with E-state index < -0.39 is 0 Å². The first-order valence-corrected chi connectivity index (χ1v) is 10.3. The molecule has 160 valence electrons. The van der Waals surface area contributed by atoms with E-state index in [9.17, 15) is 10.2 Å². The van der Waals surface area contributed by atoms with E-state index in [-0.39, 0.29) is 11.5 Å². The van der Waals surface area contributed by atoms with Crippen LogP contribution in [0.25, 0.3) is 0 Å². The second-order valence-electron chi connectivity index (χ2n) is 6.70. The molecule has 0 atom stereocenters. The molecule has 2 aliphatic heterocycles. The third-order valence-corrected chi connectivity index (χ3v) is 5.50. The third-order valence-electron chi connectivity index (χ3n) is 4.63. The normalized spacial score (nSPS) is 17.5. The van der Waals surface area contributed by atoms with Gasteiger partial charge in [-0.1, -0.05) is 0 Å². The summed E-state index contributed by atoms with van der Waals surface area (Å²) < 4.78 is 11.3. The Kier molecular flexibility index (Phi) is 6.45. The summed E-state index contributed by atoms with van der Waals surface area (Å²) in [5.74, 6) is 1.26. The molecule has 0 amide bonds. The van der Waals surface area contributed by atoms with Gasteiger partial charge in [-0.25, -0.2) is 5.43 Å². The van der Waals surface area contributed by atoms with Crippen molar-refractivity contribution in [2.75, 3.05) is 67.8 Å². The molecule has 0 saturated carbocycles. The number of hydrogen-bond acceptors (Lipinski definition) is 11. The van der Waals surface area contributed by atoms with Gasteiger partial charge in [0.1, 0.15) is 11.5 Å². The Morgan fingerprint density at radius 3 is 2.07 bits per heavy atom. The first-order valence-electron chi connectivity index (χ1n) is 9.52.